The summed E-state index contributed by atoms with van der Waals surface area (Å²) in [4.78, 5) is 14.0. The van der Waals surface area contributed by atoms with Gasteiger partial charge in [0.05, 0.1) is 0 Å². The average Bonchev–Trinajstić information content (AvgIpc) is 2.46. The zero-order chi connectivity index (χ0) is 14.1. The van der Waals surface area contributed by atoms with Gasteiger partial charge in [0.1, 0.15) is 0 Å². The maximum Gasteiger partial charge on any atom is 0.251 e. The molecule has 0 heterocycles. The predicted molar refractivity (Wildman–Crippen MR) is 78.8 cm³/mol. The second kappa shape index (κ2) is 8.53. The Kier molecular flexibility index (Phi) is 6.97. The molecule has 0 aliphatic carbocycles. The van der Waals surface area contributed by atoms with Crippen molar-refractivity contribution in [2.75, 3.05) is 38.8 Å². The first kappa shape index (κ1) is 15.5. The monoisotopic (exact) mass is 264 g/mol. The van der Waals surface area contributed by atoms with Crippen LogP contribution in [0.3, 0.4) is 0 Å². The standard InChI is InChI=1S/C15H24N2O2/c1-4-17(2)14-9-7-13(8-10-14)15(18)16-11-5-6-12-19-3/h7-10H,4-6,11-12H2,1-3H3,(H,16,18). The Labute approximate surface area is 115 Å². The molecule has 0 fully saturated rings. The van der Waals surface area contributed by atoms with Crippen molar-refractivity contribution in [2.24, 2.45) is 0 Å². The fourth-order valence-corrected chi connectivity index (χ4v) is 1.73. The van der Waals surface area contributed by atoms with E-state index < -0.39 is 0 Å². The number of benzene rings is 1. The van der Waals surface area contributed by atoms with Crippen LogP contribution < -0.4 is 10.2 Å². The maximum atomic E-state index is 11.9. The number of amides is 1. The highest BCUT2D eigenvalue weighted by Gasteiger charge is 2.05. The summed E-state index contributed by atoms with van der Waals surface area (Å²) in [6, 6.07) is 7.69. The molecule has 1 amide bonds. The third-order valence-corrected chi connectivity index (χ3v) is 3.11. The average molecular weight is 264 g/mol. The van der Waals surface area contributed by atoms with Crippen LogP contribution in [0.2, 0.25) is 0 Å². The van der Waals surface area contributed by atoms with Crippen molar-refractivity contribution in [3.63, 3.8) is 0 Å². The van der Waals surface area contributed by atoms with Gasteiger partial charge in [-0.25, -0.2) is 0 Å². The lowest BCUT2D eigenvalue weighted by Gasteiger charge is -2.16. The summed E-state index contributed by atoms with van der Waals surface area (Å²) in [7, 11) is 3.72. The van der Waals surface area contributed by atoms with Gasteiger partial charge >= 0.3 is 0 Å². The van der Waals surface area contributed by atoms with E-state index in [1.54, 1.807) is 7.11 Å². The van der Waals surface area contributed by atoms with E-state index >= 15 is 0 Å². The van der Waals surface area contributed by atoms with Crippen molar-refractivity contribution in [1.82, 2.24) is 5.32 Å². The van der Waals surface area contributed by atoms with Crippen LogP contribution in [-0.4, -0.2) is 39.8 Å². The van der Waals surface area contributed by atoms with E-state index in [0.717, 1.165) is 31.7 Å². The maximum absolute atomic E-state index is 11.9. The summed E-state index contributed by atoms with van der Waals surface area (Å²) < 4.78 is 4.96. The van der Waals surface area contributed by atoms with Crippen molar-refractivity contribution >= 4 is 11.6 Å². The molecule has 106 valence electrons. The predicted octanol–water partition coefficient (Wildman–Crippen LogP) is 2.30. The number of ether oxygens (including phenoxy) is 1. The van der Waals surface area contributed by atoms with Crippen LogP contribution in [0.25, 0.3) is 0 Å². The lowest BCUT2D eigenvalue weighted by molar-refractivity contribution is 0.0951. The van der Waals surface area contributed by atoms with E-state index in [4.69, 9.17) is 4.74 Å². The van der Waals surface area contributed by atoms with E-state index in [-0.39, 0.29) is 5.91 Å². The topological polar surface area (TPSA) is 41.6 Å². The van der Waals surface area contributed by atoms with Gasteiger partial charge in [0, 0.05) is 45.1 Å². The number of hydrogen-bond acceptors (Lipinski definition) is 3. The molecule has 0 aliphatic rings. The van der Waals surface area contributed by atoms with Gasteiger partial charge in [-0.1, -0.05) is 0 Å². The lowest BCUT2D eigenvalue weighted by atomic mass is 10.2. The van der Waals surface area contributed by atoms with E-state index in [1.807, 2.05) is 31.3 Å². The van der Waals surface area contributed by atoms with Crippen LogP contribution in [0.15, 0.2) is 24.3 Å². The van der Waals surface area contributed by atoms with Crippen LogP contribution in [0, 0.1) is 0 Å². The Morgan fingerprint density at radius 2 is 1.95 bits per heavy atom. The number of anilines is 1. The highest BCUT2D eigenvalue weighted by molar-refractivity contribution is 5.94. The SMILES string of the molecule is CCN(C)c1ccc(C(=O)NCCCCOC)cc1. The summed E-state index contributed by atoms with van der Waals surface area (Å²) in [6.45, 7) is 4.48. The Hall–Kier alpha value is -1.55. The van der Waals surface area contributed by atoms with Crippen molar-refractivity contribution in [2.45, 2.75) is 19.8 Å². The molecular formula is C15H24N2O2. The van der Waals surface area contributed by atoms with Gasteiger partial charge < -0.3 is 15.0 Å². The van der Waals surface area contributed by atoms with Crippen LogP contribution >= 0.6 is 0 Å². The molecule has 0 aliphatic heterocycles. The Bertz CT molecular complexity index is 376. The highest BCUT2D eigenvalue weighted by atomic mass is 16.5. The van der Waals surface area contributed by atoms with Crippen LogP contribution in [0.1, 0.15) is 30.1 Å². The lowest BCUT2D eigenvalue weighted by Crippen LogP contribution is -2.24. The number of nitrogens with zero attached hydrogens (tertiary/aromatic N) is 1. The first-order valence-corrected chi connectivity index (χ1v) is 6.77. The first-order valence-electron chi connectivity index (χ1n) is 6.77. The molecule has 0 saturated heterocycles. The number of methoxy groups -OCH3 is 1. The molecule has 4 heteroatoms. The fraction of sp³-hybridized carbons (Fsp3) is 0.533. The fourth-order valence-electron chi connectivity index (χ4n) is 1.73. The number of hydrogen-bond donors (Lipinski definition) is 1. The third-order valence-electron chi connectivity index (χ3n) is 3.11. The van der Waals surface area contributed by atoms with Gasteiger partial charge in [-0.3, -0.25) is 4.79 Å². The minimum atomic E-state index is -0.0110. The largest absolute Gasteiger partial charge is 0.385 e. The molecule has 1 aromatic rings. The molecule has 1 aromatic carbocycles. The minimum Gasteiger partial charge on any atom is -0.385 e. The summed E-state index contributed by atoms with van der Waals surface area (Å²) in [5, 5.41) is 2.91. The summed E-state index contributed by atoms with van der Waals surface area (Å²) in [5.74, 6) is -0.0110. The quantitative estimate of drug-likeness (QED) is 0.733. The van der Waals surface area contributed by atoms with Crippen molar-refractivity contribution in [3.8, 4) is 0 Å². The summed E-state index contributed by atoms with van der Waals surface area (Å²) >= 11 is 0. The van der Waals surface area contributed by atoms with Crippen LogP contribution in [0.5, 0.6) is 0 Å². The molecule has 0 bridgehead atoms. The van der Waals surface area contributed by atoms with Gasteiger partial charge in [0.25, 0.3) is 5.91 Å². The molecule has 0 saturated carbocycles. The van der Waals surface area contributed by atoms with Gasteiger partial charge in [-0.15, -0.1) is 0 Å². The zero-order valence-corrected chi connectivity index (χ0v) is 12.1. The Balaban J connectivity index is 2.40. The minimum absolute atomic E-state index is 0.0110. The molecule has 1 N–H and O–H groups in total. The van der Waals surface area contributed by atoms with Gasteiger partial charge in [-0.2, -0.15) is 0 Å². The molecular weight excluding hydrogens is 240 g/mol. The van der Waals surface area contributed by atoms with Gasteiger partial charge in [-0.05, 0) is 44.0 Å². The number of nitrogens with one attached hydrogen (secondary N) is 1. The molecule has 4 nitrogen and oxygen atoms in total. The van der Waals surface area contributed by atoms with E-state index in [1.165, 1.54) is 0 Å². The molecule has 1 rings (SSSR count). The summed E-state index contributed by atoms with van der Waals surface area (Å²) in [5.41, 5.74) is 1.83. The second-order valence-corrected chi connectivity index (χ2v) is 4.52. The van der Waals surface area contributed by atoms with E-state index in [0.29, 0.717) is 12.1 Å². The zero-order valence-electron chi connectivity index (χ0n) is 12.1. The van der Waals surface area contributed by atoms with Crippen LogP contribution in [0.4, 0.5) is 5.69 Å². The van der Waals surface area contributed by atoms with Crippen LogP contribution in [-0.2, 0) is 4.74 Å². The van der Waals surface area contributed by atoms with Crippen molar-refractivity contribution in [3.05, 3.63) is 29.8 Å². The molecule has 0 aromatic heterocycles. The van der Waals surface area contributed by atoms with Crippen molar-refractivity contribution < 1.29 is 9.53 Å². The van der Waals surface area contributed by atoms with E-state index in [2.05, 4.69) is 17.1 Å². The Morgan fingerprint density at radius 3 is 2.53 bits per heavy atom. The smallest absolute Gasteiger partial charge is 0.251 e. The number of rotatable bonds is 8. The Morgan fingerprint density at radius 1 is 1.26 bits per heavy atom. The first-order chi connectivity index (χ1) is 9.19. The summed E-state index contributed by atoms with van der Waals surface area (Å²) in [6.07, 6.45) is 1.91. The normalized spacial score (nSPS) is 10.3. The third kappa shape index (κ3) is 5.30. The molecule has 0 radical (unpaired) electrons. The number of carbonyl (C=O) groups is 1. The number of carbonyl (C=O) groups excluding carboxylic acids is 1. The molecule has 0 atom stereocenters. The van der Waals surface area contributed by atoms with Crippen molar-refractivity contribution in [1.29, 1.82) is 0 Å². The number of unbranched alkanes of at least 4 members (excludes halogenated alkanes) is 1. The molecule has 0 unspecified atom stereocenters. The molecule has 0 spiro atoms. The van der Waals surface area contributed by atoms with E-state index in [9.17, 15) is 4.79 Å². The second-order valence-electron chi connectivity index (χ2n) is 4.52. The van der Waals surface area contributed by atoms with Gasteiger partial charge in [0.15, 0.2) is 0 Å². The highest BCUT2D eigenvalue weighted by Crippen LogP contribution is 2.13. The molecule has 19 heavy (non-hydrogen) atoms. The van der Waals surface area contributed by atoms with Gasteiger partial charge in [0.2, 0.25) is 0 Å².